The zero-order valence-electron chi connectivity index (χ0n) is 39.3. The number of hydrogen-bond donors (Lipinski definition) is 0. The van der Waals surface area contributed by atoms with Crippen molar-refractivity contribution in [3.63, 3.8) is 0 Å². The predicted molar refractivity (Wildman–Crippen MR) is 262 cm³/mol. The third kappa shape index (κ3) is 5.78. The topological polar surface area (TPSA) is 85.5 Å². The number of furan rings is 1. The second kappa shape index (κ2) is 14.5. The Labute approximate surface area is 379 Å². The Morgan fingerprint density at radius 2 is 1.03 bits per heavy atom. The normalized spacial score (nSPS) is 12.8. The van der Waals surface area contributed by atoms with E-state index < -0.39 is 18.1 Å². The number of para-hydroxylation sites is 4. The molecule has 65 heavy (non-hydrogen) atoms. The van der Waals surface area contributed by atoms with Crippen LogP contribution in [0.25, 0.3) is 122 Å². The van der Waals surface area contributed by atoms with Gasteiger partial charge in [-0.3, -0.25) is 0 Å². The minimum atomic E-state index is -0.457. The molecule has 13 aromatic rings. The van der Waals surface area contributed by atoms with Crippen LogP contribution in [0.1, 0.15) is 12.4 Å². The first kappa shape index (κ1) is 31.7. The van der Waals surface area contributed by atoms with E-state index >= 15 is 0 Å². The van der Waals surface area contributed by atoms with Gasteiger partial charge in [-0.15, -0.1) is 0 Å². The van der Waals surface area contributed by atoms with Crippen molar-refractivity contribution in [2.45, 2.75) is 0 Å². The molecule has 0 N–H and O–H groups in total. The molecule has 0 bridgehead atoms. The zero-order valence-corrected chi connectivity index (χ0v) is 34.3. The SMILES string of the molecule is [2H]c1c([2H])c([2H])c(-n2c3ccccc3c3c2ccc2c4ccccc4n(-c4ccc(-c5nc(-c6ccc(-c7ccccc7)cc6)nc(-c6ccc7oc8ccccc8c7c6)n5)cc4C#N)c23)c([2H])c1[2H]. The standard InChI is InChI=1S/C58H34N6O/c59-35-41-33-39(27-30-48(41)64-49-20-10-7-17-43(49)45-29-31-51-54(55(45)64)46-19-8-11-21-50(46)63(51)42-15-5-2-6-16-42)57-60-56(38-25-23-37(24-26-38)36-13-3-1-4-14-36)61-58(62-57)40-28-32-53-47(34-40)44-18-9-12-22-52(44)65-53/h1-34H/i2D,5D,6D,15D,16D. The quantitative estimate of drug-likeness (QED) is 0.167. The van der Waals surface area contributed by atoms with Crippen molar-refractivity contribution in [2.24, 2.45) is 0 Å². The first-order chi connectivity index (χ1) is 34.2. The van der Waals surface area contributed by atoms with Crippen LogP contribution in [0.15, 0.2) is 211 Å². The van der Waals surface area contributed by atoms with Gasteiger partial charge < -0.3 is 13.6 Å². The summed E-state index contributed by atoms with van der Waals surface area (Å²) < 4.78 is 53.5. The highest BCUT2D eigenvalue weighted by Gasteiger charge is 2.23. The molecule has 0 radical (unpaired) electrons. The van der Waals surface area contributed by atoms with E-state index in [1.54, 1.807) is 4.57 Å². The van der Waals surface area contributed by atoms with Crippen LogP contribution in [-0.4, -0.2) is 24.1 Å². The first-order valence-electron chi connectivity index (χ1n) is 23.7. The Balaban J connectivity index is 1.02. The monoisotopic (exact) mass is 835 g/mol. The molecule has 302 valence electrons. The molecule has 0 aliphatic carbocycles. The molecule has 7 nitrogen and oxygen atoms in total. The summed E-state index contributed by atoms with van der Waals surface area (Å²) in [6, 6.07) is 58.2. The van der Waals surface area contributed by atoms with E-state index in [2.05, 4.69) is 41.0 Å². The van der Waals surface area contributed by atoms with E-state index in [1.807, 2.05) is 146 Å². The molecule has 0 saturated heterocycles. The van der Waals surface area contributed by atoms with Crippen molar-refractivity contribution in [3.05, 3.63) is 212 Å². The maximum atomic E-state index is 11.1. The Morgan fingerprint density at radius 1 is 0.446 bits per heavy atom. The van der Waals surface area contributed by atoms with E-state index in [0.717, 1.165) is 76.8 Å². The van der Waals surface area contributed by atoms with Gasteiger partial charge in [-0.2, -0.15) is 5.26 Å². The highest BCUT2D eigenvalue weighted by atomic mass is 16.3. The molecule has 0 aliphatic rings. The number of hydrogen-bond acceptors (Lipinski definition) is 5. The molecule has 4 heterocycles. The van der Waals surface area contributed by atoms with E-state index in [-0.39, 0.29) is 17.8 Å². The number of nitriles is 1. The van der Waals surface area contributed by atoms with Gasteiger partial charge in [0, 0.05) is 54.7 Å². The van der Waals surface area contributed by atoms with Crippen LogP contribution < -0.4 is 0 Å². The summed E-state index contributed by atoms with van der Waals surface area (Å²) in [6.07, 6.45) is 0. The van der Waals surface area contributed by atoms with Gasteiger partial charge in [0.25, 0.3) is 0 Å². The van der Waals surface area contributed by atoms with Crippen LogP contribution in [-0.2, 0) is 0 Å². The van der Waals surface area contributed by atoms with Crippen LogP contribution in [0, 0.1) is 11.3 Å². The summed E-state index contributed by atoms with van der Waals surface area (Å²) in [7, 11) is 0. The molecule has 0 spiro atoms. The van der Waals surface area contributed by atoms with Crippen LogP contribution in [0.2, 0.25) is 0 Å². The van der Waals surface area contributed by atoms with Gasteiger partial charge in [-0.25, -0.2) is 15.0 Å². The summed E-state index contributed by atoms with van der Waals surface area (Å²) in [4.78, 5) is 15.2. The molecular weight excluding hydrogens is 797 g/mol. The average molecular weight is 836 g/mol. The molecule has 9 aromatic carbocycles. The number of nitrogens with zero attached hydrogens (tertiary/aromatic N) is 6. The maximum Gasteiger partial charge on any atom is 0.164 e. The lowest BCUT2D eigenvalue weighted by Gasteiger charge is -2.13. The van der Waals surface area contributed by atoms with Crippen molar-refractivity contribution in [2.75, 3.05) is 0 Å². The lowest BCUT2D eigenvalue weighted by molar-refractivity contribution is 0.669. The third-order valence-electron chi connectivity index (χ3n) is 12.3. The van der Waals surface area contributed by atoms with Gasteiger partial charge in [0.2, 0.25) is 0 Å². The van der Waals surface area contributed by atoms with E-state index in [4.69, 9.17) is 26.2 Å². The van der Waals surface area contributed by atoms with E-state index in [1.165, 1.54) is 0 Å². The van der Waals surface area contributed by atoms with Gasteiger partial charge >= 0.3 is 0 Å². The fourth-order valence-corrected chi connectivity index (χ4v) is 9.39. The van der Waals surface area contributed by atoms with E-state index in [0.29, 0.717) is 45.3 Å². The summed E-state index contributed by atoms with van der Waals surface area (Å²) in [5.74, 6) is 1.32. The molecule has 4 aromatic heterocycles. The highest BCUT2D eigenvalue weighted by Crippen LogP contribution is 2.43. The number of fused-ring (bicyclic) bond motifs is 10. The van der Waals surface area contributed by atoms with Crippen molar-refractivity contribution >= 4 is 65.6 Å². The predicted octanol–water partition coefficient (Wildman–Crippen LogP) is 14.5. The second-order valence-electron chi connectivity index (χ2n) is 15.9. The fraction of sp³-hybridized carbons (Fsp3) is 0. The van der Waals surface area contributed by atoms with Gasteiger partial charge in [0.1, 0.15) is 17.2 Å². The lowest BCUT2D eigenvalue weighted by Crippen LogP contribution is -2.02. The van der Waals surface area contributed by atoms with Gasteiger partial charge in [-0.1, -0.05) is 133 Å². The minimum absolute atomic E-state index is 0.0579. The first-order valence-corrected chi connectivity index (χ1v) is 21.2. The molecule has 13 rings (SSSR count). The van der Waals surface area contributed by atoms with Crippen molar-refractivity contribution in [3.8, 4) is 62.7 Å². The van der Waals surface area contributed by atoms with Gasteiger partial charge in [-0.05, 0) is 83.9 Å². The summed E-state index contributed by atoms with van der Waals surface area (Å²) >= 11 is 0. The van der Waals surface area contributed by atoms with Crippen LogP contribution in [0.3, 0.4) is 0 Å². The van der Waals surface area contributed by atoms with E-state index in [9.17, 15) is 5.26 Å². The third-order valence-corrected chi connectivity index (χ3v) is 12.3. The molecule has 0 amide bonds. The Kier molecular flexibility index (Phi) is 7.06. The van der Waals surface area contributed by atoms with Crippen molar-refractivity contribution in [1.29, 1.82) is 5.26 Å². The Hall–Kier alpha value is -9.12. The largest absolute Gasteiger partial charge is 0.456 e. The van der Waals surface area contributed by atoms with Crippen molar-refractivity contribution < 1.29 is 11.3 Å². The van der Waals surface area contributed by atoms with Crippen LogP contribution in [0.5, 0.6) is 0 Å². The van der Waals surface area contributed by atoms with Crippen LogP contribution >= 0.6 is 0 Å². The fourth-order valence-electron chi connectivity index (χ4n) is 9.39. The lowest BCUT2D eigenvalue weighted by atomic mass is 10.0. The Morgan fingerprint density at radius 3 is 1.80 bits per heavy atom. The summed E-state index contributed by atoms with van der Waals surface area (Å²) in [5, 5.41) is 16.6. The highest BCUT2D eigenvalue weighted by molar-refractivity contribution is 6.26. The second-order valence-corrected chi connectivity index (χ2v) is 15.9. The number of rotatable bonds is 6. The molecule has 0 aliphatic heterocycles. The molecule has 7 heteroatoms. The summed E-state index contributed by atoms with van der Waals surface area (Å²) in [6.45, 7) is 0. The van der Waals surface area contributed by atoms with Crippen molar-refractivity contribution in [1.82, 2.24) is 24.1 Å². The van der Waals surface area contributed by atoms with Gasteiger partial charge in [0.05, 0.1) is 40.2 Å². The van der Waals surface area contributed by atoms with Crippen LogP contribution in [0.4, 0.5) is 0 Å². The van der Waals surface area contributed by atoms with Gasteiger partial charge in [0.15, 0.2) is 17.5 Å². The number of benzene rings is 9. The average Bonchev–Trinajstić information content (AvgIpc) is 4.07. The number of aromatic nitrogens is 5. The molecule has 0 fully saturated rings. The molecule has 0 saturated carbocycles. The molecular formula is C58H34N6O. The molecule has 0 atom stereocenters. The Bertz CT molecular complexity index is 4350. The maximum absolute atomic E-state index is 11.1. The minimum Gasteiger partial charge on any atom is -0.456 e. The zero-order chi connectivity index (χ0) is 47.4. The smallest absolute Gasteiger partial charge is 0.164 e. The molecule has 0 unspecified atom stereocenters. The summed E-state index contributed by atoms with van der Waals surface area (Å²) in [5.41, 5.74) is 9.93.